The van der Waals surface area contributed by atoms with Crippen molar-refractivity contribution < 1.29 is 0 Å². The third-order valence-corrected chi connectivity index (χ3v) is 22.4. The van der Waals surface area contributed by atoms with E-state index in [1.165, 1.54) is 89.0 Å². The Balaban J connectivity index is 0.000000159. The Kier molecular flexibility index (Phi) is 21.4. The van der Waals surface area contributed by atoms with E-state index in [0.29, 0.717) is 0 Å². The van der Waals surface area contributed by atoms with Crippen molar-refractivity contribution in [1.29, 1.82) is 0 Å². The quantitative estimate of drug-likeness (QED) is 0.0859. The molecule has 0 bridgehead atoms. The molecule has 4 aromatic heterocycles. The smallest absolute Gasteiger partial charge is 0.0702 e. The van der Waals surface area contributed by atoms with Gasteiger partial charge < -0.3 is 0 Å². The highest BCUT2D eigenvalue weighted by molar-refractivity contribution is 5.96. The number of hydrogen-bond acceptors (Lipinski definition) is 4. The fraction of sp³-hybridized carbons (Fsp3) is 0. The van der Waals surface area contributed by atoms with Crippen LogP contribution in [0.4, 0.5) is 0 Å². The molecule has 120 heavy (non-hydrogen) atoms. The van der Waals surface area contributed by atoms with Crippen molar-refractivity contribution in [1.82, 2.24) is 19.9 Å². The molecule has 0 fully saturated rings. The highest BCUT2D eigenvalue weighted by Crippen LogP contribution is 2.46. The minimum atomic E-state index is 0.918. The molecule has 0 saturated carbocycles. The minimum Gasteiger partial charge on any atom is -0.264 e. The molecule has 0 aliphatic heterocycles. The SMILES string of the molecule is c1ccc(-c2ccc(-c3cc(-c4cc(-c5ccccn5)cc(-c5ccccn5)c4)cc(-c4ccc(-c5ccccc5)c(-c5ccccc5)c4)c3)cc2-c2ccccc2)cc1.c1ccc(-c2ccc(-c3cc(-c4cc(-c5cccnc5)cc(-c5cccnc5)c4)cc(-c4ccc(-c5ccccc5)c(-c5ccccc5)c4)c3)cc2-c2ccccc2)cc1. The maximum absolute atomic E-state index is 4.77. The van der Waals surface area contributed by atoms with Gasteiger partial charge in [0.15, 0.2) is 0 Å². The van der Waals surface area contributed by atoms with Crippen molar-refractivity contribution in [2.24, 2.45) is 0 Å². The maximum Gasteiger partial charge on any atom is 0.0702 e. The Bertz CT molecular complexity index is 6090. The van der Waals surface area contributed by atoms with Crippen LogP contribution in [0.2, 0.25) is 0 Å². The molecule has 4 nitrogen and oxygen atoms in total. The Morgan fingerprint density at radius 1 is 0.108 bits per heavy atom. The molecule has 0 spiro atoms. The van der Waals surface area contributed by atoms with E-state index >= 15 is 0 Å². The average molecular weight is 1530 g/mol. The highest BCUT2D eigenvalue weighted by atomic mass is 14.7. The fourth-order valence-corrected chi connectivity index (χ4v) is 16.4. The van der Waals surface area contributed by atoms with Crippen LogP contribution < -0.4 is 0 Å². The normalized spacial score (nSPS) is 11.0. The summed E-state index contributed by atoms with van der Waals surface area (Å²) in [5.74, 6) is 0. The number of nitrogens with zero attached hydrogens (tertiary/aromatic N) is 4. The summed E-state index contributed by atoms with van der Waals surface area (Å²) in [6, 6.07) is 161. The van der Waals surface area contributed by atoms with Gasteiger partial charge in [0.25, 0.3) is 0 Å². The molecule has 0 amide bonds. The van der Waals surface area contributed by atoms with Crippen LogP contribution in [0.15, 0.2) is 486 Å². The van der Waals surface area contributed by atoms with Crippen LogP contribution in [0.5, 0.6) is 0 Å². The average Bonchev–Trinajstić information content (AvgIpc) is 0.772. The molecule has 4 heterocycles. The summed E-state index contributed by atoms with van der Waals surface area (Å²) in [6.45, 7) is 0. The van der Waals surface area contributed by atoms with Crippen molar-refractivity contribution in [3.63, 3.8) is 0 Å². The number of hydrogen-bond donors (Lipinski definition) is 0. The predicted molar refractivity (Wildman–Crippen MR) is 502 cm³/mol. The summed E-state index contributed by atoms with van der Waals surface area (Å²) in [6.07, 6.45) is 11.2. The molecule has 4 heteroatoms. The van der Waals surface area contributed by atoms with Gasteiger partial charge in [-0.25, -0.2) is 0 Å². The van der Waals surface area contributed by atoms with Gasteiger partial charge in [0.1, 0.15) is 0 Å². The summed E-state index contributed by atoms with van der Waals surface area (Å²) in [4.78, 5) is 18.5. The number of rotatable bonds is 18. The molecule has 0 atom stereocenters. The summed E-state index contributed by atoms with van der Waals surface area (Å²) in [5, 5.41) is 0. The Morgan fingerprint density at radius 2 is 0.300 bits per heavy atom. The summed E-state index contributed by atoms with van der Waals surface area (Å²) < 4.78 is 0. The van der Waals surface area contributed by atoms with Gasteiger partial charge in [-0.05, 0) is 300 Å². The molecular formula is C116H80N4. The Labute approximate surface area is 701 Å². The van der Waals surface area contributed by atoms with E-state index in [2.05, 4.69) is 422 Å². The van der Waals surface area contributed by atoms with Crippen LogP contribution in [0, 0.1) is 0 Å². The molecular weight excluding hydrogens is 1450 g/mol. The zero-order chi connectivity index (χ0) is 80.2. The topological polar surface area (TPSA) is 51.6 Å². The molecule has 0 unspecified atom stereocenters. The Hall–Kier alpha value is -15.9. The first-order chi connectivity index (χ1) is 59.5. The number of aromatic nitrogens is 4. The monoisotopic (exact) mass is 1530 g/mol. The molecule has 0 saturated heterocycles. The zero-order valence-corrected chi connectivity index (χ0v) is 66.0. The van der Waals surface area contributed by atoms with E-state index < -0.39 is 0 Å². The second-order valence-corrected chi connectivity index (χ2v) is 30.1. The minimum absolute atomic E-state index is 0.918. The van der Waals surface area contributed by atoms with E-state index in [4.69, 9.17) is 9.97 Å². The van der Waals surface area contributed by atoms with Crippen LogP contribution in [0.1, 0.15) is 0 Å². The standard InChI is InChI=1S/2C58H40N2/c1-5-17-41(18-6-1)53-29-27-45(39-55(53)43-21-9-3-10-22-43)47-33-48(46-28-30-54(42-19-7-2-8-20-42)56(40-46)44-23-11-4-12-24-44)35-49(34-47)50-36-51(57-25-13-15-31-59-57)38-52(37-50)58-26-14-16-32-60-58;1-5-15-41(16-6-1)55-27-25-45(37-57(55)43-19-9-3-10-20-43)49-31-50(46-26-28-56(42-17-7-2-8-18-42)58(38-46)44-21-11-4-12-22-44)33-53(32-49)54-35-51(47-23-13-29-59-39-47)34-52(36-54)48-24-14-30-60-40-48/h2*1-40H. The van der Waals surface area contributed by atoms with Crippen molar-refractivity contribution >= 4 is 0 Å². The fourth-order valence-electron chi connectivity index (χ4n) is 16.4. The predicted octanol–water partition coefficient (Wildman–Crippen LogP) is 31.0. The summed E-state index contributed by atoms with van der Waals surface area (Å²) >= 11 is 0. The third-order valence-electron chi connectivity index (χ3n) is 22.4. The maximum atomic E-state index is 4.77. The first-order valence-corrected chi connectivity index (χ1v) is 40.7. The first-order valence-electron chi connectivity index (χ1n) is 40.7. The van der Waals surface area contributed by atoms with Crippen LogP contribution >= 0.6 is 0 Å². The number of benzene rings is 16. The Morgan fingerprint density at radius 3 is 0.517 bits per heavy atom. The molecule has 20 aromatic rings. The van der Waals surface area contributed by atoms with Crippen LogP contribution in [-0.2, 0) is 0 Å². The van der Waals surface area contributed by atoms with Crippen molar-refractivity contribution in [3.05, 3.63) is 486 Å². The van der Waals surface area contributed by atoms with Crippen molar-refractivity contribution in [3.8, 4) is 201 Å². The molecule has 20 rings (SSSR count). The van der Waals surface area contributed by atoms with Crippen LogP contribution in [0.25, 0.3) is 201 Å². The van der Waals surface area contributed by atoms with E-state index in [1.807, 2.05) is 73.6 Å². The van der Waals surface area contributed by atoms with Crippen LogP contribution in [-0.4, -0.2) is 19.9 Å². The second kappa shape index (κ2) is 34.7. The molecule has 0 aliphatic rings. The van der Waals surface area contributed by atoms with E-state index in [1.54, 1.807) is 0 Å². The van der Waals surface area contributed by atoms with E-state index in [-0.39, 0.29) is 0 Å². The van der Waals surface area contributed by atoms with Gasteiger partial charge in [0, 0.05) is 59.4 Å². The largest absolute Gasteiger partial charge is 0.264 e. The lowest BCUT2D eigenvalue weighted by Gasteiger charge is -2.17. The molecule has 564 valence electrons. The van der Waals surface area contributed by atoms with Crippen molar-refractivity contribution in [2.45, 2.75) is 0 Å². The van der Waals surface area contributed by atoms with Gasteiger partial charge in [-0.15, -0.1) is 0 Å². The third kappa shape index (κ3) is 16.4. The lowest BCUT2D eigenvalue weighted by molar-refractivity contribution is 1.31. The summed E-state index contributed by atoms with van der Waals surface area (Å²) in [7, 11) is 0. The molecule has 16 aromatic carbocycles. The first kappa shape index (κ1) is 74.2. The van der Waals surface area contributed by atoms with Gasteiger partial charge in [-0.2, -0.15) is 0 Å². The lowest BCUT2D eigenvalue weighted by atomic mass is 9.87. The summed E-state index contributed by atoms with van der Waals surface area (Å²) in [5.41, 5.74) is 40.9. The van der Waals surface area contributed by atoms with Gasteiger partial charge in [0.05, 0.1) is 11.4 Å². The molecule has 0 N–H and O–H groups in total. The lowest BCUT2D eigenvalue weighted by Crippen LogP contribution is -1.92. The van der Waals surface area contributed by atoms with Crippen molar-refractivity contribution in [2.75, 3.05) is 0 Å². The van der Waals surface area contributed by atoms with E-state index in [0.717, 1.165) is 112 Å². The zero-order valence-electron chi connectivity index (χ0n) is 66.0. The number of pyridine rings is 4. The highest BCUT2D eigenvalue weighted by Gasteiger charge is 2.21. The van der Waals surface area contributed by atoms with Gasteiger partial charge in [0.2, 0.25) is 0 Å². The van der Waals surface area contributed by atoms with Gasteiger partial charge in [-0.1, -0.05) is 315 Å². The van der Waals surface area contributed by atoms with E-state index in [9.17, 15) is 0 Å². The molecule has 0 radical (unpaired) electrons. The second-order valence-electron chi connectivity index (χ2n) is 30.1. The van der Waals surface area contributed by atoms with Gasteiger partial charge in [-0.3, -0.25) is 19.9 Å². The van der Waals surface area contributed by atoms with Gasteiger partial charge >= 0.3 is 0 Å². The van der Waals surface area contributed by atoms with Crippen LogP contribution in [0.3, 0.4) is 0 Å². The molecule has 0 aliphatic carbocycles.